The van der Waals surface area contributed by atoms with Gasteiger partial charge in [-0.25, -0.2) is 9.97 Å². The molecule has 5 aromatic rings. The molecular formula is C20H14Br2N4S3. The van der Waals surface area contributed by atoms with Crippen LogP contribution in [0.25, 0.3) is 42.9 Å². The maximum absolute atomic E-state index is 5.13. The van der Waals surface area contributed by atoms with Crippen molar-refractivity contribution >= 4 is 88.3 Å². The average Bonchev–Trinajstić information content (AvgIpc) is 3.46. The normalized spacial score (nSPS) is 11.7. The van der Waals surface area contributed by atoms with Gasteiger partial charge in [0.15, 0.2) is 0 Å². The maximum Gasteiger partial charge on any atom is 0.116 e. The lowest BCUT2D eigenvalue weighted by atomic mass is 10.0. The fourth-order valence-corrected chi connectivity index (χ4v) is 6.95. The van der Waals surface area contributed by atoms with Gasteiger partial charge in [0.05, 0.1) is 30.7 Å². The van der Waals surface area contributed by atoms with E-state index in [1.807, 2.05) is 0 Å². The zero-order valence-electron chi connectivity index (χ0n) is 15.5. The molecule has 4 aromatic heterocycles. The van der Waals surface area contributed by atoms with E-state index in [2.05, 4.69) is 70.0 Å². The molecule has 0 aliphatic heterocycles. The molecule has 29 heavy (non-hydrogen) atoms. The SMILES string of the molecule is CCc1nc2c(-c3ccc(Br)s3)c3nsnc3c(-c3ccc(Br)s3)c2nc1CC. The van der Waals surface area contributed by atoms with Crippen LogP contribution in [0.5, 0.6) is 0 Å². The number of hydrogen-bond acceptors (Lipinski definition) is 7. The second-order valence-electron chi connectivity index (χ2n) is 6.44. The molecule has 4 heterocycles. The van der Waals surface area contributed by atoms with Crippen LogP contribution in [0.4, 0.5) is 0 Å². The summed E-state index contributed by atoms with van der Waals surface area (Å²) in [6.07, 6.45) is 1.71. The Morgan fingerprint density at radius 1 is 0.690 bits per heavy atom. The standard InChI is InChI=1S/C20H14Br2N4S3/c1-3-9-10(4-2)24-18-16(12-6-8-14(22)28-12)20-19(25-29-26-20)15(17(18)23-9)11-5-7-13(21)27-11/h5-8H,3-4H2,1-2H3. The molecule has 146 valence electrons. The van der Waals surface area contributed by atoms with E-state index >= 15 is 0 Å². The smallest absolute Gasteiger partial charge is 0.116 e. The highest BCUT2D eigenvalue weighted by atomic mass is 79.9. The molecule has 0 aliphatic carbocycles. The quantitative estimate of drug-likeness (QED) is 0.223. The summed E-state index contributed by atoms with van der Waals surface area (Å²) in [5.41, 5.74) is 7.79. The number of aromatic nitrogens is 4. The van der Waals surface area contributed by atoms with Crippen LogP contribution in [0.15, 0.2) is 31.8 Å². The van der Waals surface area contributed by atoms with E-state index in [0.29, 0.717) is 0 Å². The molecule has 0 amide bonds. The molecule has 0 fully saturated rings. The number of aryl methyl sites for hydroxylation is 2. The van der Waals surface area contributed by atoms with Gasteiger partial charge in [-0.3, -0.25) is 0 Å². The van der Waals surface area contributed by atoms with Crippen molar-refractivity contribution in [3.05, 3.63) is 43.2 Å². The lowest BCUT2D eigenvalue weighted by Gasteiger charge is -2.13. The van der Waals surface area contributed by atoms with Crippen LogP contribution >= 0.6 is 66.3 Å². The van der Waals surface area contributed by atoms with E-state index in [1.165, 1.54) is 11.7 Å². The average molecular weight is 566 g/mol. The Morgan fingerprint density at radius 2 is 1.14 bits per heavy atom. The molecular weight excluding hydrogens is 552 g/mol. The number of halogens is 2. The van der Waals surface area contributed by atoms with Gasteiger partial charge in [-0.1, -0.05) is 13.8 Å². The van der Waals surface area contributed by atoms with E-state index in [0.717, 1.165) is 74.8 Å². The molecule has 0 unspecified atom stereocenters. The summed E-state index contributed by atoms with van der Waals surface area (Å²) in [5, 5.41) is 0. The van der Waals surface area contributed by atoms with Crippen LogP contribution in [0, 0.1) is 0 Å². The first-order valence-corrected chi connectivity index (χ1v) is 13.0. The molecule has 0 N–H and O–H groups in total. The summed E-state index contributed by atoms with van der Waals surface area (Å²) in [5.74, 6) is 0. The first kappa shape index (κ1) is 19.7. The lowest BCUT2D eigenvalue weighted by molar-refractivity contribution is 0.931. The summed E-state index contributed by atoms with van der Waals surface area (Å²) in [6, 6.07) is 8.36. The van der Waals surface area contributed by atoms with Crippen molar-refractivity contribution in [1.82, 2.24) is 18.7 Å². The Balaban J connectivity index is 2.00. The van der Waals surface area contributed by atoms with Gasteiger partial charge < -0.3 is 0 Å². The fraction of sp³-hybridized carbons (Fsp3) is 0.200. The van der Waals surface area contributed by atoms with Crippen LogP contribution in [-0.4, -0.2) is 18.7 Å². The second kappa shape index (κ2) is 7.77. The monoisotopic (exact) mass is 564 g/mol. The van der Waals surface area contributed by atoms with Gasteiger partial charge in [-0.15, -0.1) is 22.7 Å². The topological polar surface area (TPSA) is 51.6 Å². The molecule has 0 bridgehead atoms. The third-order valence-corrected chi connectivity index (χ3v) is 8.61. The van der Waals surface area contributed by atoms with Gasteiger partial charge in [0.25, 0.3) is 0 Å². The molecule has 0 saturated carbocycles. The first-order chi connectivity index (χ1) is 14.1. The van der Waals surface area contributed by atoms with Gasteiger partial charge in [0.1, 0.15) is 22.1 Å². The van der Waals surface area contributed by atoms with Crippen LogP contribution in [-0.2, 0) is 12.8 Å². The van der Waals surface area contributed by atoms with E-state index in [4.69, 9.17) is 18.7 Å². The van der Waals surface area contributed by atoms with Gasteiger partial charge in [0.2, 0.25) is 0 Å². The Bertz CT molecular complexity index is 1270. The van der Waals surface area contributed by atoms with E-state index in [9.17, 15) is 0 Å². The molecule has 5 rings (SSSR count). The van der Waals surface area contributed by atoms with Crippen molar-refractivity contribution in [3.8, 4) is 20.9 Å². The predicted molar refractivity (Wildman–Crippen MR) is 131 cm³/mol. The summed E-state index contributed by atoms with van der Waals surface area (Å²) in [4.78, 5) is 12.5. The molecule has 0 spiro atoms. The summed E-state index contributed by atoms with van der Waals surface area (Å²) in [6.45, 7) is 4.27. The Morgan fingerprint density at radius 3 is 1.48 bits per heavy atom. The lowest BCUT2D eigenvalue weighted by Crippen LogP contribution is -2.03. The number of fused-ring (bicyclic) bond motifs is 2. The Kier molecular flexibility index (Phi) is 5.28. The van der Waals surface area contributed by atoms with Gasteiger partial charge in [0, 0.05) is 20.9 Å². The summed E-state index contributed by atoms with van der Waals surface area (Å²) in [7, 11) is 0. The molecule has 0 saturated heterocycles. The molecule has 9 heteroatoms. The molecule has 0 atom stereocenters. The third-order valence-electron chi connectivity index (χ3n) is 4.80. The third kappa shape index (κ3) is 3.27. The zero-order chi connectivity index (χ0) is 20.1. The molecule has 0 radical (unpaired) electrons. The molecule has 0 aliphatic rings. The van der Waals surface area contributed by atoms with Crippen LogP contribution in [0.3, 0.4) is 0 Å². The zero-order valence-corrected chi connectivity index (χ0v) is 21.1. The Labute approximate surface area is 196 Å². The van der Waals surface area contributed by atoms with Crippen molar-refractivity contribution in [3.63, 3.8) is 0 Å². The minimum absolute atomic E-state index is 0.854. The first-order valence-electron chi connectivity index (χ1n) is 9.09. The largest absolute Gasteiger partial charge is 0.249 e. The van der Waals surface area contributed by atoms with Crippen molar-refractivity contribution in [2.24, 2.45) is 0 Å². The van der Waals surface area contributed by atoms with Crippen molar-refractivity contribution in [2.75, 3.05) is 0 Å². The summed E-state index contributed by atoms with van der Waals surface area (Å²) < 4.78 is 11.5. The van der Waals surface area contributed by atoms with Crippen molar-refractivity contribution < 1.29 is 0 Å². The number of nitrogens with zero attached hydrogens (tertiary/aromatic N) is 4. The number of benzene rings is 1. The van der Waals surface area contributed by atoms with Gasteiger partial charge >= 0.3 is 0 Å². The fourth-order valence-electron chi connectivity index (χ4n) is 3.52. The van der Waals surface area contributed by atoms with Crippen LogP contribution in [0.2, 0.25) is 0 Å². The van der Waals surface area contributed by atoms with Crippen LogP contribution in [0.1, 0.15) is 25.2 Å². The summed E-state index contributed by atoms with van der Waals surface area (Å²) >= 11 is 11.8. The van der Waals surface area contributed by atoms with Gasteiger partial charge in [-0.05, 0) is 69.0 Å². The van der Waals surface area contributed by atoms with Crippen LogP contribution < -0.4 is 0 Å². The highest BCUT2D eigenvalue weighted by Gasteiger charge is 2.24. The highest BCUT2D eigenvalue weighted by Crippen LogP contribution is 2.45. The highest BCUT2D eigenvalue weighted by molar-refractivity contribution is 9.11. The number of hydrogen-bond donors (Lipinski definition) is 0. The molecule has 4 nitrogen and oxygen atoms in total. The van der Waals surface area contributed by atoms with Crippen molar-refractivity contribution in [2.45, 2.75) is 26.7 Å². The van der Waals surface area contributed by atoms with E-state index in [1.54, 1.807) is 22.7 Å². The van der Waals surface area contributed by atoms with Gasteiger partial charge in [-0.2, -0.15) is 8.75 Å². The van der Waals surface area contributed by atoms with Crippen molar-refractivity contribution in [1.29, 1.82) is 0 Å². The minimum atomic E-state index is 0.854. The number of rotatable bonds is 4. The second-order valence-corrected chi connectivity index (χ2v) is 11.9. The van der Waals surface area contributed by atoms with E-state index in [-0.39, 0.29) is 0 Å². The molecule has 1 aromatic carbocycles. The predicted octanol–water partition coefficient (Wildman–Crippen LogP) is 7.74. The van der Waals surface area contributed by atoms with E-state index < -0.39 is 0 Å². The Hall–Kier alpha value is -1.26. The number of thiophene rings is 2. The minimum Gasteiger partial charge on any atom is -0.249 e. The maximum atomic E-state index is 5.13.